The number of anilines is 2. The Balaban J connectivity index is 2.33. The topological polar surface area (TPSA) is 73.1 Å². The van der Waals surface area contributed by atoms with Crippen LogP contribution in [0.25, 0.3) is 0 Å². The molecule has 1 heterocycles. The van der Waals surface area contributed by atoms with Crippen LogP contribution in [0.5, 0.6) is 5.88 Å². The molecule has 0 aromatic carbocycles. The highest BCUT2D eigenvalue weighted by atomic mass is 19.4. The molecule has 0 unspecified atom stereocenters. The van der Waals surface area contributed by atoms with Gasteiger partial charge < -0.3 is 15.8 Å². The molecule has 1 aromatic rings. The second kappa shape index (κ2) is 6.27. The highest BCUT2D eigenvalue weighted by Gasteiger charge is 2.25. The van der Waals surface area contributed by atoms with Crippen LogP contribution >= 0.6 is 0 Å². The summed E-state index contributed by atoms with van der Waals surface area (Å²) in [6, 6.07) is 1.53. The van der Waals surface area contributed by atoms with Gasteiger partial charge in [-0.05, 0) is 12.8 Å². The van der Waals surface area contributed by atoms with E-state index in [4.69, 9.17) is 10.5 Å². The lowest BCUT2D eigenvalue weighted by Gasteiger charge is -2.08. The first kappa shape index (κ1) is 14.3. The molecule has 0 radical (unpaired) electrons. The molecule has 0 atom stereocenters. The average Bonchev–Trinajstić information content (AvgIpc) is 2.26. The number of nitrogens with two attached hydrogens (primary N) is 1. The van der Waals surface area contributed by atoms with E-state index in [1.165, 1.54) is 13.2 Å². The zero-order chi connectivity index (χ0) is 13.6. The van der Waals surface area contributed by atoms with Crippen molar-refractivity contribution in [3.63, 3.8) is 0 Å². The molecule has 5 nitrogen and oxygen atoms in total. The lowest BCUT2D eigenvalue weighted by molar-refractivity contribution is -0.135. The van der Waals surface area contributed by atoms with Crippen LogP contribution in [0.3, 0.4) is 0 Å². The van der Waals surface area contributed by atoms with E-state index in [1.54, 1.807) is 0 Å². The highest BCUT2D eigenvalue weighted by Crippen LogP contribution is 2.22. The molecular formula is C10H15F3N4O. The fraction of sp³-hybridized carbons (Fsp3) is 0.600. The maximum Gasteiger partial charge on any atom is 0.389 e. The summed E-state index contributed by atoms with van der Waals surface area (Å²) in [7, 11) is 1.44. The van der Waals surface area contributed by atoms with Crippen LogP contribution in [0.15, 0.2) is 6.07 Å². The van der Waals surface area contributed by atoms with Crippen molar-refractivity contribution >= 4 is 11.8 Å². The molecule has 1 rings (SSSR count). The maximum atomic E-state index is 11.9. The third-order valence-electron chi connectivity index (χ3n) is 2.12. The van der Waals surface area contributed by atoms with Crippen molar-refractivity contribution in [1.82, 2.24) is 9.97 Å². The molecule has 8 heteroatoms. The lowest BCUT2D eigenvalue weighted by Crippen LogP contribution is -2.10. The van der Waals surface area contributed by atoms with Gasteiger partial charge in [0.1, 0.15) is 5.82 Å². The molecule has 3 N–H and O–H groups in total. The smallest absolute Gasteiger partial charge is 0.389 e. The van der Waals surface area contributed by atoms with Gasteiger partial charge in [0.15, 0.2) is 0 Å². The maximum absolute atomic E-state index is 11.9. The van der Waals surface area contributed by atoms with Crippen molar-refractivity contribution in [1.29, 1.82) is 0 Å². The number of alkyl halides is 3. The van der Waals surface area contributed by atoms with Crippen LogP contribution < -0.4 is 15.8 Å². The Bertz CT molecular complexity index is 384. The van der Waals surface area contributed by atoms with Crippen molar-refractivity contribution in [2.45, 2.75) is 25.4 Å². The highest BCUT2D eigenvalue weighted by molar-refractivity contribution is 5.42. The molecule has 0 saturated carbocycles. The Morgan fingerprint density at radius 2 is 2.06 bits per heavy atom. The van der Waals surface area contributed by atoms with E-state index >= 15 is 0 Å². The Kier molecular flexibility index (Phi) is 4.99. The van der Waals surface area contributed by atoms with Crippen molar-refractivity contribution < 1.29 is 17.9 Å². The van der Waals surface area contributed by atoms with Crippen molar-refractivity contribution in [3.8, 4) is 5.88 Å². The predicted molar refractivity (Wildman–Crippen MR) is 61.4 cm³/mol. The number of unbranched alkanes of at least 4 members (excludes halogenated alkanes) is 1. The molecule has 0 amide bonds. The SMILES string of the molecule is COc1cc(NCCCCC(F)(F)F)nc(N)n1. The minimum Gasteiger partial charge on any atom is -0.481 e. The van der Waals surface area contributed by atoms with E-state index in [9.17, 15) is 13.2 Å². The third-order valence-corrected chi connectivity index (χ3v) is 2.12. The quantitative estimate of drug-likeness (QED) is 0.771. The molecule has 0 saturated heterocycles. The fourth-order valence-corrected chi connectivity index (χ4v) is 1.30. The molecule has 18 heavy (non-hydrogen) atoms. The van der Waals surface area contributed by atoms with Crippen LogP contribution in [0.4, 0.5) is 24.9 Å². The summed E-state index contributed by atoms with van der Waals surface area (Å²) < 4.78 is 40.5. The van der Waals surface area contributed by atoms with Gasteiger partial charge in [0, 0.05) is 19.0 Å². The van der Waals surface area contributed by atoms with Gasteiger partial charge in [-0.1, -0.05) is 0 Å². The molecule has 102 valence electrons. The number of ether oxygens (including phenoxy) is 1. The van der Waals surface area contributed by atoms with E-state index in [0.29, 0.717) is 24.7 Å². The largest absolute Gasteiger partial charge is 0.481 e. The third kappa shape index (κ3) is 5.55. The number of hydrogen-bond acceptors (Lipinski definition) is 5. The number of methoxy groups -OCH3 is 1. The molecular weight excluding hydrogens is 249 g/mol. The normalized spacial score (nSPS) is 11.3. The summed E-state index contributed by atoms with van der Waals surface area (Å²) in [6.45, 7) is 0.385. The van der Waals surface area contributed by atoms with Gasteiger partial charge in [-0.2, -0.15) is 23.1 Å². The number of rotatable bonds is 6. The van der Waals surface area contributed by atoms with Crippen molar-refractivity contribution in [3.05, 3.63) is 6.07 Å². The van der Waals surface area contributed by atoms with Crippen LogP contribution in [0.1, 0.15) is 19.3 Å². The second-order valence-electron chi connectivity index (χ2n) is 3.65. The van der Waals surface area contributed by atoms with Gasteiger partial charge in [-0.15, -0.1) is 0 Å². The number of hydrogen-bond donors (Lipinski definition) is 2. The van der Waals surface area contributed by atoms with Gasteiger partial charge in [-0.3, -0.25) is 0 Å². The number of nitrogens with zero attached hydrogens (tertiary/aromatic N) is 2. The van der Waals surface area contributed by atoms with E-state index in [2.05, 4.69) is 15.3 Å². The number of nitrogen functional groups attached to an aromatic ring is 1. The van der Waals surface area contributed by atoms with Crippen molar-refractivity contribution in [2.24, 2.45) is 0 Å². The number of halogens is 3. The van der Waals surface area contributed by atoms with E-state index < -0.39 is 12.6 Å². The second-order valence-corrected chi connectivity index (χ2v) is 3.65. The minimum atomic E-state index is -4.09. The van der Waals surface area contributed by atoms with E-state index in [0.717, 1.165) is 0 Å². The summed E-state index contributed by atoms with van der Waals surface area (Å²) in [5.74, 6) is 0.791. The Morgan fingerprint density at radius 1 is 1.33 bits per heavy atom. The van der Waals surface area contributed by atoms with Crippen molar-refractivity contribution in [2.75, 3.05) is 24.7 Å². The van der Waals surface area contributed by atoms with Crippen LogP contribution in [0, 0.1) is 0 Å². The van der Waals surface area contributed by atoms with Gasteiger partial charge in [0.25, 0.3) is 0 Å². The molecule has 0 aliphatic carbocycles. The van der Waals surface area contributed by atoms with Gasteiger partial charge in [0.2, 0.25) is 11.8 Å². The molecule has 0 spiro atoms. The van der Waals surface area contributed by atoms with Crippen LogP contribution in [0.2, 0.25) is 0 Å². The zero-order valence-electron chi connectivity index (χ0n) is 9.92. The Labute approximate surface area is 103 Å². The number of aromatic nitrogens is 2. The van der Waals surface area contributed by atoms with Crippen LogP contribution in [-0.2, 0) is 0 Å². The summed E-state index contributed by atoms with van der Waals surface area (Å²) in [5, 5.41) is 2.87. The molecule has 0 bridgehead atoms. The summed E-state index contributed by atoms with van der Waals surface area (Å²) in [5.41, 5.74) is 5.43. The summed E-state index contributed by atoms with van der Waals surface area (Å²) >= 11 is 0. The van der Waals surface area contributed by atoms with Crippen LogP contribution in [-0.4, -0.2) is 29.8 Å². The number of nitrogens with one attached hydrogen (secondary N) is 1. The lowest BCUT2D eigenvalue weighted by atomic mass is 10.2. The first-order valence-electron chi connectivity index (χ1n) is 5.40. The predicted octanol–water partition coefficient (Wildman–Crippen LogP) is 2.21. The zero-order valence-corrected chi connectivity index (χ0v) is 9.92. The minimum absolute atomic E-state index is 0.0483. The fourth-order valence-electron chi connectivity index (χ4n) is 1.30. The molecule has 0 aliphatic rings. The standard InChI is InChI=1S/C10H15F3N4O/c1-18-8-6-7(16-9(14)17-8)15-5-3-2-4-10(11,12)13/h6H,2-5H2,1H3,(H3,14,15,16,17). The van der Waals surface area contributed by atoms with Gasteiger partial charge in [-0.25, -0.2) is 0 Å². The monoisotopic (exact) mass is 264 g/mol. The molecule has 0 aliphatic heterocycles. The Hall–Kier alpha value is -1.73. The first-order chi connectivity index (χ1) is 8.40. The molecule has 1 aromatic heterocycles. The van der Waals surface area contributed by atoms with E-state index in [-0.39, 0.29) is 12.4 Å². The average molecular weight is 264 g/mol. The summed E-state index contributed by atoms with van der Waals surface area (Å²) in [6.07, 6.45) is -4.40. The van der Waals surface area contributed by atoms with Gasteiger partial charge in [0.05, 0.1) is 7.11 Å². The summed E-state index contributed by atoms with van der Waals surface area (Å²) in [4.78, 5) is 7.67. The first-order valence-corrected chi connectivity index (χ1v) is 5.40. The van der Waals surface area contributed by atoms with E-state index in [1.807, 2.05) is 0 Å². The Morgan fingerprint density at radius 3 is 2.67 bits per heavy atom. The van der Waals surface area contributed by atoms with Gasteiger partial charge >= 0.3 is 6.18 Å². The molecule has 0 fully saturated rings.